The molecule has 150 valence electrons. The number of ether oxygens (including phenoxy) is 3. The SMILES string of the molecule is O=C1CC[C@]2(C(=O)OCc3cc(Cl)c4c(c3)OCCCO4)Sc3ccccc3N12. The Labute approximate surface area is 177 Å². The van der Waals surface area contributed by atoms with Crippen LogP contribution in [0.25, 0.3) is 0 Å². The van der Waals surface area contributed by atoms with Gasteiger partial charge >= 0.3 is 5.97 Å². The average Bonchev–Trinajstić information content (AvgIpc) is 3.11. The molecule has 3 aliphatic rings. The van der Waals surface area contributed by atoms with Crippen LogP contribution in [0.4, 0.5) is 5.69 Å². The van der Waals surface area contributed by atoms with Crippen molar-refractivity contribution in [3.8, 4) is 11.5 Å². The van der Waals surface area contributed by atoms with E-state index < -0.39 is 10.8 Å². The molecule has 5 rings (SSSR count). The summed E-state index contributed by atoms with van der Waals surface area (Å²) in [5, 5.41) is 0.425. The lowest BCUT2D eigenvalue weighted by Crippen LogP contribution is -2.47. The van der Waals surface area contributed by atoms with Crippen LogP contribution in [0.2, 0.25) is 5.02 Å². The van der Waals surface area contributed by atoms with Crippen LogP contribution >= 0.6 is 23.4 Å². The van der Waals surface area contributed by atoms with E-state index in [1.165, 1.54) is 11.8 Å². The van der Waals surface area contributed by atoms with Crippen LogP contribution in [-0.4, -0.2) is 30.0 Å². The molecule has 3 aliphatic heterocycles. The van der Waals surface area contributed by atoms with E-state index in [4.69, 9.17) is 25.8 Å². The van der Waals surface area contributed by atoms with Crippen LogP contribution in [0, 0.1) is 0 Å². The first-order chi connectivity index (χ1) is 14.1. The molecule has 3 heterocycles. The Bertz CT molecular complexity index is 1010. The largest absolute Gasteiger partial charge is 0.489 e. The second-order valence-corrected chi connectivity index (χ2v) is 8.84. The van der Waals surface area contributed by atoms with Gasteiger partial charge < -0.3 is 14.2 Å². The lowest BCUT2D eigenvalue weighted by atomic mass is 10.2. The summed E-state index contributed by atoms with van der Waals surface area (Å²) in [6, 6.07) is 11.1. The maximum atomic E-state index is 13.1. The second-order valence-electron chi connectivity index (χ2n) is 7.11. The third kappa shape index (κ3) is 3.04. The number of hydrogen-bond acceptors (Lipinski definition) is 6. The van der Waals surface area contributed by atoms with E-state index in [1.807, 2.05) is 24.3 Å². The molecule has 8 heteroatoms. The lowest BCUT2D eigenvalue weighted by Gasteiger charge is -2.28. The van der Waals surface area contributed by atoms with Crippen molar-refractivity contribution >= 4 is 40.9 Å². The molecule has 0 bridgehead atoms. The summed E-state index contributed by atoms with van der Waals surface area (Å²) in [5.74, 6) is 0.595. The first-order valence-electron chi connectivity index (χ1n) is 9.45. The van der Waals surface area contributed by atoms with E-state index in [1.54, 1.807) is 17.0 Å². The third-order valence-corrected chi connectivity index (χ3v) is 6.96. The minimum Gasteiger partial charge on any atom is -0.489 e. The van der Waals surface area contributed by atoms with Crippen molar-refractivity contribution in [1.82, 2.24) is 0 Å². The van der Waals surface area contributed by atoms with Crippen molar-refractivity contribution in [1.29, 1.82) is 0 Å². The van der Waals surface area contributed by atoms with Crippen LogP contribution in [0.5, 0.6) is 11.5 Å². The van der Waals surface area contributed by atoms with E-state index in [0.29, 0.717) is 48.1 Å². The molecule has 1 atom stereocenters. The molecular weight excluding hydrogens is 414 g/mol. The minimum absolute atomic E-state index is 0.0376. The molecule has 0 radical (unpaired) electrons. The number of anilines is 1. The predicted molar refractivity (Wildman–Crippen MR) is 109 cm³/mol. The number of fused-ring (bicyclic) bond motifs is 4. The number of nitrogens with zero attached hydrogens (tertiary/aromatic N) is 1. The number of amides is 1. The smallest absolute Gasteiger partial charge is 0.343 e. The van der Waals surface area contributed by atoms with Crippen molar-refractivity contribution in [3.63, 3.8) is 0 Å². The average molecular weight is 432 g/mol. The zero-order chi connectivity index (χ0) is 20.0. The van der Waals surface area contributed by atoms with Crippen molar-refractivity contribution in [2.45, 2.75) is 35.6 Å². The summed E-state index contributed by atoms with van der Waals surface area (Å²) >= 11 is 7.72. The number of esters is 1. The second kappa shape index (κ2) is 7.15. The van der Waals surface area contributed by atoms with Crippen molar-refractivity contribution in [2.75, 3.05) is 18.1 Å². The predicted octanol–water partition coefficient (Wildman–Crippen LogP) is 4.17. The summed E-state index contributed by atoms with van der Waals surface area (Å²) in [5.41, 5.74) is 1.48. The molecule has 0 spiro atoms. The van der Waals surface area contributed by atoms with Gasteiger partial charge in [0, 0.05) is 24.2 Å². The highest BCUT2D eigenvalue weighted by molar-refractivity contribution is 8.02. The number of thioether (sulfide) groups is 1. The molecular formula is C21H18ClNO5S. The van der Waals surface area contributed by atoms with Crippen molar-refractivity contribution < 1.29 is 23.8 Å². The molecule has 1 saturated heterocycles. The van der Waals surface area contributed by atoms with Crippen LogP contribution in [0.1, 0.15) is 24.8 Å². The van der Waals surface area contributed by atoms with E-state index in [9.17, 15) is 9.59 Å². The van der Waals surface area contributed by atoms with Gasteiger partial charge in [0.1, 0.15) is 6.61 Å². The quantitative estimate of drug-likeness (QED) is 0.679. The maximum absolute atomic E-state index is 13.1. The molecule has 1 fully saturated rings. The van der Waals surface area contributed by atoms with E-state index in [0.717, 1.165) is 17.0 Å². The van der Waals surface area contributed by atoms with Gasteiger partial charge in [-0.1, -0.05) is 35.5 Å². The fourth-order valence-electron chi connectivity index (χ4n) is 3.90. The minimum atomic E-state index is -1.03. The number of rotatable bonds is 3. The van der Waals surface area contributed by atoms with Gasteiger partial charge in [-0.2, -0.15) is 0 Å². The first kappa shape index (κ1) is 18.6. The normalized spacial score (nSPS) is 22.1. The number of carbonyl (C=O) groups is 2. The fraction of sp³-hybridized carbons (Fsp3) is 0.333. The summed E-state index contributed by atoms with van der Waals surface area (Å²) in [7, 11) is 0. The standard InChI is InChI=1S/C21H18ClNO5S/c22-14-10-13(11-16-19(14)27-9-3-8-26-16)12-28-20(25)21-7-6-18(24)23(21)15-4-1-2-5-17(15)29-21/h1-2,4-5,10-11H,3,6-9,12H2/t21-/m1/s1. The molecule has 1 amide bonds. The number of para-hydroxylation sites is 1. The summed E-state index contributed by atoms with van der Waals surface area (Å²) < 4.78 is 17.0. The monoisotopic (exact) mass is 431 g/mol. The van der Waals surface area contributed by atoms with E-state index in [-0.39, 0.29) is 12.5 Å². The molecule has 0 N–H and O–H groups in total. The van der Waals surface area contributed by atoms with Gasteiger partial charge in [0.05, 0.1) is 23.9 Å². The third-order valence-electron chi connectivity index (χ3n) is 5.22. The van der Waals surface area contributed by atoms with Crippen molar-refractivity contribution in [2.24, 2.45) is 0 Å². The van der Waals surface area contributed by atoms with Crippen LogP contribution in [-0.2, 0) is 20.9 Å². The molecule has 2 aromatic carbocycles. The Hall–Kier alpha value is -2.38. The zero-order valence-electron chi connectivity index (χ0n) is 15.5. The van der Waals surface area contributed by atoms with Gasteiger partial charge in [0.2, 0.25) is 5.91 Å². The zero-order valence-corrected chi connectivity index (χ0v) is 17.1. The molecule has 0 aromatic heterocycles. The van der Waals surface area contributed by atoms with Crippen LogP contribution < -0.4 is 14.4 Å². The highest BCUT2D eigenvalue weighted by atomic mass is 35.5. The number of hydrogen-bond donors (Lipinski definition) is 0. The molecule has 29 heavy (non-hydrogen) atoms. The maximum Gasteiger partial charge on any atom is 0.343 e. The highest BCUT2D eigenvalue weighted by Crippen LogP contribution is 2.56. The molecule has 0 saturated carbocycles. The van der Waals surface area contributed by atoms with Crippen LogP contribution in [0.3, 0.4) is 0 Å². The highest BCUT2D eigenvalue weighted by Gasteiger charge is 2.58. The Morgan fingerprint density at radius 3 is 2.97 bits per heavy atom. The summed E-state index contributed by atoms with van der Waals surface area (Å²) in [4.78, 5) is 27.1. The van der Waals surface area contributed by atoms with Gasteiger partial charge in [-0.15, -0.1) is 0 Å². The molecule has 2 aromatic rings. The van der Waals surface area contributed by atoms with Crippen molar-refractivity contribution in [3.05, 3.63) is 47.0 Å². The molecule has 0 aliphatic carbocycles. The van der Waals surface area contributed by atoms with Crippen LogP contribution in [0.15, 0.2) is 41.3 Å². The number of benzene rings is 2. The molecule has 6 nitrogen and oxygen atoms in total. The Morgan fingerprint density at radius 2 is 2.07 bits per heavy atom. The summed E-state index contributed by atoms with van der Waals surface area (Å²) in [6.45, 7) is 1.13. The number of halogens is 1. The Morgan fingerprint density at radius 1 is 1.24 bits per heavy atom. The van der Waals surface area contributed by atoms with Gasteiger partial charge in [0.15, 0.2) is 16.4 Å². The Balaban J connectivity index is 1.37. The Kier molecular flexibility index (Phi) is 4.59. The van der Waals surface area contributed by atoms with Gasteiger partial charge in [0.25, 0.3) is 0 Å². The first-order valence-corrected chi connectivity index (χ1v) is 10.6. The van der Waals surface area contributed by atoms with Gasteiger partial charge in [-0.05, 0) is 29.8 Å². The van der Waals surface area contributed by atoms with E-state index >= 15 is 0 Å². The lowest BCUT2D eigenvalue weighted by molar-refractivity contribution is -0.148. The van der Waals surface area contributed by atoms with Gasteiger partial charge in [-0.3, -0.25) is 9.69 Å². The van der Waals surface area contributed by atoms with E-state index in [2.05, 4.69) is 0 Å². The van der Waals surface area contributed by atoms with Gasteiger partial charge in [-0.25, -0.2) is 4.79 Å². The summed E-state index contributed by atoms with van der Waals surface area (Å²) in [6.07, 6.45) is 1.53. The topological polar surface area (TPSA) is 65.1 Å². The molecule has 0 unspecified atom stereocenters. The fourth-order valence-corrected chi connectivity index (χ4v) is 5.60. The number of carbonyl (C=O) groups excluding carboxylic acids is 2.